The largest absolute Gasteiger partial charge is 0.497 e. The molecule has 2 fully saturated rings. The molecule has 3 aromatic carbocycles. The van der Waals surface area contributed by atoms with E-state index in [1.54, 1.807) is 37.4 Å². The number of carbonyl (C=O) groups excluding carboxylic acids is 2. The maximum Gasteiger partial charge on any atom is 0.243 e. The Bertz CT molecular complexity index is 1470. The van der Waals surface area contributed by atoms with E-state index in [0.29, 0.717) is 38.9 Å². The number of rotatable bonds is 12. The second-order valence-electron chi connectivity index (χ2n) is 11.4. The number of hydrogen-bond donors (Lipinski definition) is 0. The molecule has 1 saturated carbocycles. The van der Waals surface area contributed by atoms with E-state index in [2.05, 4.69) is 12.1 Å². The van der Waals surface area contributed by atoms with Gasteiger partial charge in [0.05, 0.1) is 18.6 Å². The second kappa shape index (κ2) is 13.7. The van der Waals surface area contributed by atoms with Gasteiger partial charge in [-0.1, -0.05) is 67.6 Å². The van der Waals surface area contributed by atoms with Crippen LogP contribution in [0.15, 0.2) is 89.8 Å². The van der Waals surface area contributed by atoms with E-state index in [9.17, 15) is 18.0 Å². The molecule has 0 bridgehead atoms. The maximum absolute atomic E-state index is 14.0. The first-order valence-electron chi connectivity index (χ1n) is 15.1. The van der Waals surface area contributed by atoms with Gasteiger partial charge in [0, 0.05) is 38.1 Å². The van der Waals surface area contributed by atoms with Crippen LogP contribution in [0.3, 0.4) is 0 Å². The molecular weight excluding hydrogens is 562 g/mol. The molecule has 0 aromatic heterocycles. The van der Waals surface area contributed by atoms with Gasteiger partial charge in [-0.05, 0) is 67.0 Å². The van der Waals surface area contributed by atoms with Crippen molar-refractivity contribution < 1.29 is 22.7 Å². The first-order valence-corrected chi connectivity index (χ1v) is 16.6. The van der Waals surface area contributed by atoms with Gasteiger partial charge in [0.25, 0.3) is 0 Å². The molecule has 2 amide bonds. The van der Waals surface area contributed by atoms with E-state index >= 15 is 0 Å². The lowest BCUT2D eigenvalue weighted by Crippen LogP contribution is -2.51. The summed E-state index contributed by atoms with van der Waals surface area (Å²) < 4.78 is 33.6. The SMILES string of the molecule is CCCN(CC(=O)N(Cc1ccc(OC)cc1)C1CCN(C(=O)C2C[C@@H]2c2ccccc2)CC1)S(=O)(=O)c1ccccc1. The standard InChI is InChI=1S/C34H41N3O5S/c1-3-20-36(43(40,41)30-12-8-5-9-13-30)25-33(38)37(24-26-14-16-29(42-2)17-15-26)28-18-21-35(22-19-28)34(39)32-23-31(32)27-10-6-4-7-11-27/h4-17,28,31-32H,3,18-25H2,1-2H3/t31-,32?/m1/s1. The van der Waals surface area contributed by atoms with Crippen LogP contribution in [0.4, 0.5) is 0 Å². The predicted molar refractivity (Wildman–Crippen MR) is 166 cm³/mol. The summed E-state index contributed by atoms with van der Waals surface area (Å²) in [7, 11) is -2.23. The Hall–Kier alpha value is -3.69. The van der Waals surface area contributed by atoms with Gasteiger partial charge in [-0.15, -0.1) is 0 Å². The summed E-state index contributed by atoms with van der Waals surface area (Å²) in [6.07, 6.45) is 2.77. The summed E-state index contributed by atoms with van der Waals surface area (Å²) in [6, 6.07) is 26.0. The lowest BCUT2D eigenvalue weighted by Gasteiger charge is -2.39. The number of amides is 2. The fourth-order valence-corrected chi connectivity index (χ4v) is 7.54. The summed E-state index contributed by atoms with van der Waals surface area (Å²) in [5.41, 5.74) is 2.15. The van der Waals surface area contributed by atoms with Gasteiger partial charge in [-0.3, -0.25) is 9.59 Å². The minimum Gasteiger partial charge on any atom is -0.497 e. The molecule has 1 unspecified atom stereocenters. The van der Waals surface area contributed by atoms with Crippen LogP contribution in [0.2, 0.25) is 0 Å². The Morgan fingerprint density at radius 1 is 0.907 bits per heavy atom. The first kappa shape index (κ1) is 30.8. The van der Waals surface area contributed by atoms with E-state index in [0.717, 1.165) is 17.7 Å². The van der Waals surface area contributed by atoms with Crippen LogP contribution in [-0.4, -0.2) is 73.7 Å². The zero-order valence-corrected chi connectivity index (χ0v) is 25.8. The molecule has 1 heterocycles. The highest BCUT2D eigenvalue weighted by atomic mass is 32.2. The molecule has 3 aromatic rings. The second-order valence-corrected chi connectivity index (χ2v) is 13.4. The molecular formula is C34H41N3O5S. The molecule has 2 aliphatic rings. The summed E-state index contributed by atoms with van der Waals surface area (Å²) in [4.78, 5) is 31.3. The molecule has 0 radical (unpaired) electrons. The van der Waals surface area contributed by atoms with Crippen LogP contribution in [0.5, 0.6) is 5.75 Å². The van der Waals surface area contributed by atoms with Gasteiger partial charge in [-0.25, -0.2) is 8.42 Å². The highest BCUT2D eigenvalue weighted by Gasteiger charge is 2.46. The van der Waals surface area contributed by atoms with Gasteiger partial charge >= 0.3 is 0 Å². The van der Waals surface area contributed by atoms with Crippen molar-refractivity contribution >= 4 is 21.8 Å². The van der Waals surface area contributed by atoms with Crippen molar-refractivity contribution in [2.45, 2.75) is 56.0 Å². The number of methoxy groups -OCH3 is 1. The first-order chi connectivity index (χ1) is 20.8. The fraction of sp³-hybridized carbons (Fsp3) is 0.412. The third-order valence-electron chi connectivity index (χ3n) is 8.55. The molecule has 5 rings (SSSR count). The van der Waals surface area contributed by atoms with Crippen molar-refractivity contribution in [3.8, 4) is 5.75 Å². The molecule has 1 saturated heterocycles. The molecule has 8 nitrogen and oxygen atoms in total. The van der Waals surface area contributed by atoms with Crippen molar-refractivity contribution in [1.82, 2.24) is 14.1 Å². The number of piperidine rings is 1. The van der Waals surface area contributed by atoms with E-state index in [1.165, 1.54) is 9.87 Å². The van der Waals surface area contributed by atoms with Gasteiger partial charge in [-0.2, -0.15) is 4.31 Å². The van der Waals surface area contributed by atoms with Crippen LogP contribution < -0.4 is 4.74 Å². The minimum atomic E-state index is -3.84. The highest BCUT2D eigenvalue weighted by Crippen LogP contribution is 2.48. The zero-order chi connectivity index (χ0) is 30.4. The Balaban J connectivity index is 1.29. The van der Waals surface area contributed by atoms with Crippen molar-refractivity contribution in [1.29, 1.82) is 0 Å². The zero-order valence-electron chi connectivity index (χ0n) is 25.0. The average Bonchev–Trinajstić information content (AvgIpc) is 3.85. The van der Waals surface area contributed by atoms with Crippen LogP contribution in [-0.2, 0) is 26.2 Å². The van der Waals surface area contributed by atoms with E-state index in [1.807, 2.05) is 59.2 Å². The van der Waals surface area contributed by atoms with Crippen LogP contribution in [0, 0.1) is 5.92 Å². The number of hydrogen-bond acceptors (Lipinski definition) is 5. The number of benzene rings is 3. The smallest absolute Gasteiger partial charge is 0.243 e. The Morgan fingerprint density at radius 3 is 2.14 bits per heavy atom. The third-order valence-corrected chi connectivity index (χ3v) is 10.4. The lowest BCUT2D eigenvalue weighted by atomic mass is 10.0. The highest BCUT2D eigenvalue weighted by molar-refractivity contribution is 7.89. The normalized spacial score (nSPS) is 18.8. The van der Waals surface area contributed by atoms with E-state index in [4.69, 9.17) is 4.74 Å². The summed E-state index contributed by atoms with van der Waals surface area (Å²) in [5, 5.41) is 0. The summed E-state index contributed by atoms with van der Waals surface area (Å²) in [6.45, 7) is 3.43. The predicted octanol–water partition coefficient (Wildman–Crippen LogP) is 4.92. The topological polar surface area (TPSA) is 87.2 Å². The molecule has 2 atom stereocenters. The van der Waals surface area contributed by atoms with E-state index < -0.39 is 10.0 Å². The number of sulfonamides is 1. The molecule has 0 N–H and O–H groups in total. The molecule has 0 spiro atoms. The van der Waals surface area contributed by atoms with Crippen LogP contribution in [0.1, 0.15) is 49.7 Å². The lowest BCUT2D eigenvalue weighted by molar-refractivity contribution is -0.138. The molecule has 9 heteroatoms. The summed E-state index contributed by atoms with van der Waals surface area (Å²) >= 11 is 0. The number of carbonyl (C=O) groups is 2. The van der Waals surface area contributed by atoms with Gasteiger partial charge in [0.2, 0.25) is 21.8 Å². The Kier molecular flexibility index (Phi) is 9.82. The van der Waals surface area contributed by atoms with Crippen molar-refractivity contribution in [2.24, 2.45) is 5.92 Å². The number of nitrogens with zero attached hydrogens (tertiary/aromatic N) is 3. The van der Waals surface area contributed by atoms with Crippen molar-refractivity contribution in [3.05, 3.63) is 96.1 Å². The third kappa shape index (κ3) is 7.28. The number of ether oxygens (including phenoxy) is 1. The molecule has 43 heavy (non-hydrogen) atoms. The molecule has 1 aliphatic carbocycles. The van der Waals surface area contributed by atoms with Crippen molar-refractivity contribution in [2.75, 3.05) is 33.3 Å². The Morgan fingerprint density at radius 2 is 1.53 bits per heavy atom. The maximum atomic E-state index is 14.0. The molecule has 228 valence electrons. The monoisotopic (exact) mass is 603 g/mol. The van der Waals surface area contributed by atoms with E-state index in [-0.39, 0.29) is 47.7 Å². The van der Waals surface area contributed by atoms with Crippen LogP contribution >= 0.6 is 0 Å². The van der Waals surface area contributed by atoms with Crippen LogP contribution in [0.25, 0.3) is 0 Å². The van der Waals surface area contributed by atoms with Gasteiger partial charge < -0.3 is 14.5 Å². The molecule has 1 aliphatic heterocycles. The average molecular weight is 604 g/mol. The van der Waals surface area contributed by atoms with Crippen molar-refractivity contribution in [3.63, 3.8) is 0 Å². The van der Waals surface area contributed by atoms with Gasteiger partial charge in [0.1, 0.15) is 5.75 Å². The number of likely N-dealkylation sites (tertiary alicyclic amines) is 1. The minimum absolute atomic E-state index is 0.0294. The quantitative estimate of drug-likeness (QED) is 0.293. The van der Waals surface area contributed by atoms with Gasteiger partial charge in [0.15, 0.2) is 0 Å². The summed E-state index contributed by atoms with van der Waals surface area (Å²) in [5.74, 6) is 1.01. The Labute approximate surface area is 255 Å². The fourth-order valence-electron chi connectivity index (χ4n) is 6.03.